The molecule has 2 unspecified atom stereocenters. The quantitative estimate of drug-likeness (QED) is 0.894. The van der Waals surface area contributed by atoms with Gasteiger partial charge in [-0.3, -0.25) is 4.79 Å². The number of fused-ring (bicyclic) bond motifs is 1. The third-order valence-electron chi connectivity index (χ3n) is 4.22. The van der Waals surface area contributed by atoms with Gasteiger partial charge in [0.05, 0.1) is 12.5 Å². The number of likely N-dealkylation sites (tertiary alicyclic amines) is 1. The van der Waals surface area contributed by atoms with Crippen molar-refractivity contribution in [1.82, 2.24) is 9.88 Å². The minimum absolute atomic E-state index is 0.184. The molecule has 0 bridgehead atoms. The maximum Gasteiger partial charge on any atom is 0.326 e. The van der Waals surface area contributed by atoms with E-state index in [0.717, 1.165) is 16.5 Å². The van der Waals surface area contributed by atoms with E-state index in [1.54, 1.807) is 0 Å². The number of ether oxygens (including phenoxy) is 1. The van der Waals surface area contributed by atoms with Gasteiger partial charge >= 0.3 is 5.97 Å². The highest BCUT2D eigenvalue weighted by atomic mass is 16.5. The maximum absolute atomic E-state index is 12.5. The summed E-state index contributed by atoms with van der Waals surface area (Å²) >= 11 is 0. The molecular formula is C16H18N2O4. The largest absolute Gasteiger partial charge is 0.480 e. The highest BCUT2D eigenvalue weighted by Gasteiger charge is 2.39. The van der Waals surface area contributed by atoms with E-state index in [1.165, 1.54) is 12.0 Å². The number of nitrogens with zero attached hydrogens (tertiary/aromatic N) is 1. The Morgan fingerprint density at radius 3 is 2.91 bits per heavy atom. The number of benzene rings is 1. The zero-order valence-electron chi connectivity index (χ0n) is 12.3. The molecule has 1 saturated heterocycles. The van der Waals surface area contributed by atoms with Crippen LogP contribution in [-0.4, -0.2) is 52.7 Å². The number of amides is 1. The highest BCUT2D eigenvalue weighted by molar-refractivity contribution is 5.91. The fourth-order valence-corrected chi connectivity index (χ4v) is 3.02. The Bertz CT molecular complexity index is 709. The average molecular weight is 302 g/mol. The highest BCUT2D eigenvalue weighted by Crippen LogP contribution is 2.23. The van der Waals surface area contributed by atoms with Crippen LogP contribution in [0.2, 0.25) is 0 Å². The van der Waals surface area contributed by atoms with Crippen LogP contribution in [-0.2, 0) is 20.7 Å². The molecule has 1 amide bonds. The van der Waals surface area contributed by atoms with E-state index >= 15 is 0 Å². The first-order valence-electron chi connectivity index (χ1n) is 7.20. The van der Waals surface area contributed by atoms with E-state index in [4.69, 9.17) is 4.74 Å². The molecule has 6 heteroatoms. The van der Waals surface area contributed by atoms with Crippen LogP contribution in [0.4, 0.5) is 0 Å². The van der Waals surface area contributed by atoms with E-state index in [9.17, 15) is 14.7 Å². The Morgan fingerprint density at radius 1 is 1.41 bits per heavy atom. The molecule has 2 aromatic rings. The molecule has 0 spiro atoms. The van der Waals surface area contributed by atoms with Gasteiger partial charge in [0, 0.05) is 37.2 Å². The van der Waals surface area contributed by atoms with Crippen LogP contribution in [0.5, 0.6) is 0 Å². The van der Waals surface area contributed by atoms with E-state index in [-0.39, 0.29) is 18.4 Å². The monoisotopic (exact) mass is 302 g/mol. The summed E-state index contributed by atoms with van der Waals surface area (Å²) in [7, 11) is 1.54. The molecule has 6 nitrogen and oxygen atoms in total. The van der Waals surface area contributed by atoms with Gasteiger partial charge in [0.25, 0.3) is 0 Å². The van der Waals surface area contributed by atoms with Crippen molar-refractivity contribution in [2.24, 2.45) is 0 Å². The summed E-state index contributed by atoms with van der Waals surface area (Å²) in [5.74, 6) is -1.16. The van der Waals surface area contributed by atoms with Crippen LogP contribution in [0.1, 0.15) is 12.0 Å². The third-order valence-corrected chi connectivity index (χ3v) is 4.22. The summed E-state index contributed by atoms with van der Waals surface area (Å²) in [5.41, 5.74) is 1.85. The molecule has 2 atom stereocenters. The number of aromatic amines is 1. The van der Waals surface area contributed by atoms with Crippen LogP contribution in [0.15, 0.2) is 30.5 Å². The zero-order valence-corrected chi connectivity index (χ0v) is 12.3. The molecule has 0 saturated carbocycles. The number of rotatable bonds is 4. The van der Waals surface area contributed by atoms with Crippen LogP contribution in [0, 0.1) is 0 Å². The van der Waals surface area contributed by atoms with Crippen LogP contribution >= 0.6 is 0 Å². The molecule has 1 aromatic carbocycles. The Balaban J connectivity index is 1.80. The second-order valence-corrected chi connectivity index (χ2v) is 5.53. The molecule has 0 aliphatic carbocycles. The number of aliphatic carboxylic acids is 1. The lowest BCUT2D eigenvalue weighted by Crippen LogP contribution is -2.41. The van der Waals surface area contributed by atoms with Gasteiger partial charge in [0.15, 0.2) is 0 Å². The number of hydrogen-bond acceptors (Lipinski definition) is 3. The summed E-state index contributed by atoms with van der Waals surface area (Å²) in [6.07, 6.45) is 2.12. The second kappa shape index (κ2) is 5.81. The van der Waals surface area contributed by atoms with Gasteiger partial charge in [-0.05, 0) is 11.6 Å². The Kier molecular flexibility index (Phi) is 3.85. The number of carbonyl (C=O) groups is 2. The van der Waals surface area contributed by atoms with Crippen molar-refractivity contribution in [2.75, 3.05) is 13.7 Å². The van der Waals surface area contributed by atoms with Crippen LogP contribution in [0.25, 0.3) is 10.9 Å². The van der Waals surface area contributed by atoms with Gasteiger partial charge in [0.2, 0.25) is 5.91 Å². The van der Waals surface area contributed by atoms with E-state index in [1.807, 2.05) is 30.5 Å². The van der Waals surface area contributed by atoms with Gasteiger partial charge in [-0.2, -0.15) is 0 Å². The summed E-state index contributed by atoms with van der Waals surface area (Å²) in [6.45, 7) is 0.328. The van der Waals surface area contributed by atoms with Crippen molar-refractivity contribution in [2.45, 2.75) is 25.0 Å². The molecular weight excluding hydrogens is 284 g/mol. The lowest BCUT2D eigenvalue weighted by Gasteiger charge is -2.21. The number of nitrogens with one attached hydrogen (secondary N) is 1. The topological polar surface area (TPSA) is 82.6 Å². The summed E-state index contributed by atoms with van der Waals surface area (Å²) in [5, 5.41) is 10.3. The first kappa shape index (κ1) is 14.6. The molecule has 1 aliphatic heterocycles. The number of methoxy groups -OCH3 is 1. The molecule has 3 rings (SSSR count). The number of carbonyl (C=O) groups excluding carboxylic acids is 1. The van der Waals surface area contributed by atoms with Crippen molar-refractivity contribution in [3.05, 3.63) is 36.0 Å². The SMILES string of the molecule is COC1CC(C(=O)O)N(C(=O)Cc2c[nH]c3ccccc23)C1. The maximum atomic E-state index is 12.5. The average Bonchev–Trinajstić information content (AvgIpc) is 3.12. The molecule has 1 fully saturated rings. The molecule has 2 N–H and O–H groups in total. The first-order chi connectivity index (χ1) is 10.6. The molecule has 22 heavy (non-hydrogen) atoms. The van der Waals surface area contributed by atoms with Crippen LogP contribution in [0.3, 0.4) is 0 Å². The zero-order chi connectivity index (χ0) is 15.7. The van der Waals surface area contributed by atoms with Crippen molar-refractivity contribution < 1.29 is 19.4 Å². The fraction of sp³-hybridized carbons (Fsp3) is 0.375. The number of carboxylic acid groups (broad SMARTS) is 1. The molecule has 0 radical (unpaired) electrons. The minimum atomic E-state index is -0.980. The molecule has 1 aliphatic rings. The second-order valence-electron chi connectivity index (χ2n) is 5.53. The number of carboxylic acids is 1. The number of para-hydroxylation sites is 1. The Hall–Kier alpha value is -2.34. The van der Waals surface area contributed by atoms with Crippen molar-refractivity contribution >= 4 is 22.8 Å². The fourth-order valence-electron chi connectivity index (χ4n) is 3.02. The summed E-state index contributed by atoms with van der Waals surface area (Å²) in [6, 6.07) is 6.93. The summed E-state index contributed by atoms with van der Waals surface area (Å²) < 4.78 is 5.21. The van der Waals surface area contributed by atoms with E-state index < -0.39 is 12.0 Å². The van der Waals surface area contributed by atoms with Gasteiger partial charge < -0.3 is 19.7 Å². The first-order valence-corrected chi connectivity index (χ1v) is 7.20. The molecule has 1 aromatic heterocycles. The normalized spacial score (nSPS) is 21.4. The van der Waals surface area contributed by atoms with Crippen molar-refractivity contribution in [3.63, 3.8) is 0 Å². The smallest absolute Gasteiger partial charge is 0.326 e. The predicted molar refractivity (Wildman–Crippen MR) is 80.6 cm³/mol. The Morgan fingerprint density at radius 2 is 2.18 bits per heavy atom. The Labute approximate surface area is 127 Å². The molecule has 116 valence electrons. The van der Waals surface area contributed by atoms with Gasteiger partial charge in [-0.1, -0.05) is 18.2 Å². The van der Waals surface area contributed by atoms with E-state index in [2.05, 4.69) is 4.98 Å². The molecule has 2 heterocycles. The van der Waals surface area contributed by atoms with E-state index in [0.29, 0.717) is 13.0 Å². The number of hydrogen-bond donors (Lipinski definition) is 2. The lowest BCUT2D eigenvalue weighted by molar-refractivity contribution is -0.147. The lowest BCUT2D eigenvalue weighted by atomic mass is 10.1. The van der Waals surface area contributed by atoms with Gasteiger partial charge in [-0.15, -0.1) is 0 Å². The van der Waals surface area contributed by atoms with Crippen molar-refractivity contribution in [1.29, 1.82) is 0 Å². The standard InChI is InChI=1S/C16H18N2O4/c1-22-11-7-14(16(20)21)18(9-11)15(19)6-10-8-17-13-5-3-2-4-12(10)13/h2-5,8,11,14,17H,6-7,9H2,1H3,(H,20,21). The third kappa shape index (κ3) is 2.57. The predicted octanol–water partition coefficient (Wildman–Crippen LogP) is 1.41. The van der Waals surface area contributed by atoms with Gasteiger partial charge in [-0.25, -0.2) is 4.79 Å². The number of aromatic nitrogens is 1. The van der Waals surface area contributed by atoms with Crippen molar-refractivity contribution in [3.8, 4) is 0 Å². The van der Waals surface area contributed by atoms with Crippen LogP contribution < -0.4 is 0 Å². The van der Waals surface area contributed by atoms with Gasteiger partial charge in [0.1, 0.15) is 6.04 Å². The minimum Gasteiger partial charge on any atom is -0.480 e. The summed E-state index contributed by atoms with van der Waals surface area (Å²) in [4.78, 5) is 28.4. The number of H-pyrrole nitrogens is 1.